The first kappa shape index (κ1) is 19.6. The van der Waals surface area contributed by atoms with Crippen molar-refractivity contribution in [3.05, 3.63) is 64.5 Å². The number of hydrogen-bond donors (Lipinski definition) is 1. The van der Waals surface area contributed by atoms with Crippen LogP contribution < -0.4 is 10.1 Å². The molecule has 0 spiro atoms. The maximum Gasteiger partial charge on any atom is 0.337 e. The van der Waals surface area contributed by atoms with E-state index in [1.807, 2.05) is 29.6 Å². The summed E-state index contributed by atoms with van der Waals surface area (Å²) in [6, 6.07) is 14.4. The summed E-state index contributed by atoms with van der Waals surface area (Å²) < 4.78 is 9.85. The average Bonchev–Trinajstić information content (AvgIpc) is 3.21. The van der Waals surface area contributed by atoms with E-state index in [9.17, 15) is 9.59 Å². The maximum absolute atomic E-state index is 12.2. The van der Waals surface area contributed by atoms with E-state index in [1.54, 1.807) is 31.4 Å². The van der Waals surface area contributed by atoms with Crippen LogP contribution in [-0.4, -0.2) is 31.1 Å². The van der Waals surface area contributed by atoms with Crippen molar-refractivity contribution in [1.29, 1.82) is 0 Å². The van der Waals surface area contributed by atoms with Gasteiger partial charge in [-0.3, -0.25) is 4.79 Å². The number of esters is 1. The Kier molecular flexibility index (Phi) is 6.39. The number of nitrogens with zero attached hydrogens (tertiary/aromatic N) is 1. The van der Waals surface area contributed by atoms with Crippen LogP contribution in [0.25, 0.3) is 11.3 Å². The molecule has 0 aliphatic carbocycles. The molecular formula is C21H20N2O4S. The average molecular weight is 396 g/mol. The molecule has 2 aromatic carbocycles. The Morgan fingerprint density at radius 2 is 1.89 bits per heavy atom. The van der Waals surface area contributed by atoms with E-state index in [-0.39, 0.29) is 5.91 Å². The van der Waals surface area contributed by atoms with Gasteiger partial charge in [-0.15, -0.1) is 11.3 Å². The second-order valence-electron chi connectivity index (χ2n) is 5.98. The molecule has 0 radical (unpaired) electrons. The SMILES string of the molecule is COC(=O)c1cccc(NC(=O)CCc2nc(-c3ccc(OC)cc3)cs2)c1. The molecule has 0 saturated heterocycles. The molecule has 1 amide bonds. The molecule has 7 heteroatoms. The third-order valence-corrected chi connectivity index (χ3v) is 4.98. The Balaban J connectivity index is 1.56. The van der Waals surface area contributed by atoms with E-state index in [4.69, 9.17) is 4.74 Å². The second-order valence-corrected chi connectivity index (χ2v) is 6.92. The molecule has 0 aliphatic rings. The monoisotopic (exact) mass is 396 g/mol. The Bertz CT molecular complexity index is 967. The van der Waals surface area contributed by atoms with Crippen LogP contribution in [0.1, 0.15) is 21.8 Å². The third kappa shape index (κ3) is 4.95. The van der Waals surface area contributed by atoms with Gasteiger partial charge in [-0.2, -0.15) is 0 Å². The highest BCUT2D eigenvalue weighted by molar-refractivity contribution is 7.09. The highest BCUT2D eigenvalue weighted by Crippen LogP contribution is 2.24. The van der Waals surface area contributed by atoms with Gasteiger partial charge in [0.1, 0.15) is 5.75 Å². The van der Waals surface area contributed by atoms with Crippen LogP contribution in [0.3, 0.4) is 0 Å². The van der Waals surface area contributed by atoms with E-state index >= 15 is 0 Å². The number of aromatic nitrogens is 1. The van der Waals surface area contributed by atoms with Crippen molar-refractivity contribution in [2.45, 2.75) is 12.8 Å². The number of nitrogens with one attached hydrogen (secondary N) is 1. The van der Waals surface area contributed by atoms with Gasteiger partial charge in [-0.25, -0.2) is 9.78 Å². The number of amides is 1. The minimum atomic E-state index is -0.440. The highest BCUT2D eigenvalue weighted by Gasteiger charge is 2.10. The Morgan fingerprint density at radius 1 is 1.11 bits per heavy atom. The highest BCUT2D eigenvalue weighted by atomic mass is 32.1. The van der Waals surface area contributed by atoms with Gasteiger partial charge in [0.25, 0.3) is 0 Å². The van der Waals surface area contributed by atoms with Crippen molar-refractivity contribution in [3.63, 3.8) is 0 Å². The zero-order valence-electron chi connectivity index (χ0n) is 15.6. The summed E-state index contributed by atoms with van der Waals surface area (Å²) in [6.45, 7) is 0. The van der Waals surface area contributed by atoms with Crippen molar-refractivity contribution in [2.75, 3.05) is 19.5 Å². The van der Waals surface area contributed by atoms with Crippen LogP contribution in [0.5, 0.6) is 5.75 Å². The zero-order chi connectivity index (χ0) is 19.9. The molecule has 0 fully saturated rings. The zero-order valence-corrected chi connectivity index (χ0v) is 16.4. The topological polar surface area (TPSA) is 77.5 Å². The lowest BCUT2D eigenvalue weighted by Crippen LogP contribution is -2.13. The van der Waals surface area contributed by atoms with Crippen LogP contribution in [0.2, 0.25) is 0 Å². The molecule has 1 N–H and O–H groups in total. The molecule has 1 heterocycles. The van der Waals surface area contributed by atoms with Crippen molar-refractivity contribution >= 4 is 28.9 Å². The van der Waals surface area contributed by atoms with Gasteiger partial charge < -0.3 is 14.8 Å². The normalized spacial score (nSPS) is 10.4. The first-order chi connectivity index (χ1) is 13.6. The number of carbonyl (C=O) groups is 2. The van der Waals surface area contributed by atoms with Gasteiger partial charge in [-0.1, -0.05) is 6.07 Å². The molecule has 0 saturated carbocycles. The number of methoxy groups -OCH3 is 2. The number of hydrogen-bond acceptors (Lipinski definition) is 6. The maximum atomic E-state index is 12.2. The summed E-state index contributed by atoms with van der Waals surface area (Å²) in [4.78, 5) is 28.4. The minimum Gasteiger partial charge on any atom is -0.497 e. The molecule has 0 unspecified atom stereocenters. The number of aryl methyl sites for hydroxylation is 1. The van der Waals surface area contributed by atoms with Crippen LogP contribution in [0.4, 0.5) is 5.69 Å². The molecule has 0 bridgehead atoms. The van der Waals surface area contributed by atoms with Crippen molar-refractivity contribution in [2.24, 2.45) is 0 Å². The van der Waals surface area contributed by atoms with Crippen LogP contribution in [0, 0.1) is 0 Å². The Labute approximate surface area is 167 Å². The van der Waals surface area contributed by atoms with Crippen LogP contribution in [-0.2, 0) is 16.0 Å². The van der Waals surface area contributed by atoms with Crippen molar-refractivity contribution in [3.8, 4) is 17.0 Å². The van der Waals surface area contributed by atoms with E-state index in [0.717, 1.165) is 22.0 Å². The fourth-order valence-corrected chi connectivity index (χ4v) is 3.41. The van der Waals surface area contributed by atoms with E-state index in [2.05, 4.69) is 15.0 Å². The fraction of sp³-hybridized carbons (Fsp3) is 0.190. The Morgan fingerprint density at radius 3 is 2.61 bits per heavy atom. The molecule has 144 valence electrons. The summed E-state index contributed by atoms with van der Waals surface area (Å²) in [5, 5.41) is 5.67. The molecule has 3 aromatic rings. The largest absolute Gasteiger partial charge is 0.497 e. The predicted molar refractivity (Wildman–Crippen MR) is 109 cm³/mol. The molecule has 0 aliphatic heterocycles. The predicted octanol–water partition coefficient (Wildman–Crippen LogP) is 4.18. The number of rotatable bonds is 7. The lowest BCUT2D eigenvalue weighted by Gasteiger charge is -2.06. The Hall–Kier alpha value is -3.19. The number of anilines is 1. The van der Waals surface area contributed by atoms with Crippen molar-refractivity contribution < 1.29 is 19.1 Å². The molecule has 28 heavy (non-hydrogen) atoms. The summed E-state index contributed by atoms with van der Waals surface area (Å²) >= 11 is 1.53. The fourth-order valence-electron chi connectivity index (χ4n) is 2.61. The summed E-state index contributed by atoms with van der Waals surface area (Å²) in [7, 11) is 2.95. The standard InChI is InChI=1S/C21H20N2O4S/c1-26-17-8-6-14(7-9-17)18-13-28-20(23-18)11-10-19(24)22-16-5-3-4-15(12-16)21(25)27-2/h3-9,12-13H,10-11H2,1-2H3,(H,22,24). The molecule has 0 atom stereocenters. The van der Waals surface area contributed by atoms with E-state index in [1.165, 1.54) is 18.4 Å². The first-order valence-corrected chi connectivity index (χ1v) is 9.54. The molecule has 1 aromatic heterocycles. The van der Waals surface area contributed by atoms with Gasteiger partial charge in [-0.05, 0) is 42.5 Å². The summed E-state index contributed by atoms with van der Waals surface area (Å²) in [6.07, 6.45) is 0.849. The number of carbonyl (C=O) groups excluding carboxylic acids is 2. The number of ether oxygens (including phenoxy) is 2. The van der Waals surface area contributed by atoms with Crippen LogP contribution in [0.15, 0.2) is 53.9 Å². The van der Waals surface area contributed by atoms with Crippen LogP contribution >= 0.6 is 11.3 Å². The molecule has 3 rings (SSSR count). The molecule has 6 nitrogen and oxygen atoms in total. The lowest BCUT2D eigenvalue weighted by atomic mass is 10.2. The third-order valence-electron chi connectivity index (χ3n) is 4.07. The van der Waals surface area contributed by atoms with Crippen molar-refractivity contribution in [1.82, 2.24) is 4.98 Å². The quantitative estimate of drug-likeness (QED) is 0.606. The first-order valence-electron chi connectivity index (χ1n) is 8.66. The van der Waals surface area contributed by atoms with E-state index in [0.29, 0.717) is 24.1 Å². The van der Waals surface area contributed by atoms with E-state index < -0.39 is 5.97 Å². The van der Waals surface area contributed by atoms with Gasteiger partial charge >= 0.3 is 5.97 Å². The van der Waals surface area contributed by atoms with Gasteiger partial charge in [0, 0.05) is 29.5 Å². The number of benzene rings is 2. The van der Waals surface area contributed by atoms with Gasteiger partial charge in [0.15, 0.2) is 0 Å². The second kappa shape index (κ2) is 9.14. The van der Waals surface area contributed by atoms with Gasteiger partial charge in [0.2, 0.25) is 5.91 Å². The number of thiazole rings is 1. The lowest BCUT2D eigenvalue weighted by molar-refractivity contribution is -0.116. The summed E-state index contributed by atoms with van der Waals surface area (Å²) in [5.41, 5.74) is 2.84. The minimum absolute atomic E-state index is 0.136. The van der Waals surface area contributed by atoms with Gasteiger partial charge in [0.05, 0.1) is 30.5 Å². The smallest absolute Gasteiger partial charge is 0.337 e. The summed E-state index contributed by atoms with van der Waals surface area (Å²) in [5.74, 6) is 0.223. The molecular weight excluding hydrogens is 376 g/mol.